The molecule has 11 aromatic rings. The van der Waals surface area contributed by atoms with Crippen molar-refractivity contribution in [3.8, 4) is 33.4 Å². The Morgan fingerprint density at radius 2 is 0.867 bits per heavy atom. The second kappa shape index (κ2) is 27.2. The number of anilines is 2. The Kier molecular flexibility index (Phi) is 20.1. The topological polar surface area (TPSA) is 192 Å². The summed E-state index contributed by atoms with van der Waals surface area (Å²) in [6.45, 7) is 21.2. The quantitative estimate of drug-likeness (QED) is 0.150. The molecule has 0 unspecified atom stereocenters. The number of rotatable bonds is 6. The summed E-state index contributed by atoms with van der Waals surface area (Å²) in [6, 6.07) is 24.8. The SMILES string of the molecule is Cc1cc(Cl)n2cnnc2c1-c1cccc(Cl)c1Cl.Cc1cc(Cl)n2cnnc2c1Br.Cc1cc(N2CCC(C)(N)CC2)n2cnnc2c1-c1cccc(Cl)c1Cl.Cc1cc(N2CCC(C)(NC(=O)OC(C)(C)C)CC2)n2cnnc2c1-c1cccc(Cl)c1Cl. The molecule has 3 aromatic carbocycles. The van der Waals surface area contributed by atoms with Crippen LogP contribution >= 0.6 is 109 Å². The number of piperidine rings is 2. The molecule has 1 amide bonds. The number of hydrogen-bond acceptors (Lipinski definition) is 13. The fraction of sp³-hybridized carbons (Fsp3) is 0.317. The number of alkyl carbamates (subject to hydrolysis) is 1. The number of pyridine rings is 4. The molecule has 18 nitrogen and oxygen atoms in total. The molecule has 0 bridgehead atoms. The third-order valence-electron chi connectivity index (χ3n) is 15.8. The normalized spacial score (nSPS) is 14.7. The van der Waals surface area contributed by atoms with Crippen molar-refractivity contribution in [1.82, 2.24) is 63.7 Å². The summed E-state index contributed by atoms with van der Waals surface area (Å²) in [5, 5.41) is 40.1. The van der Waals surface area contributed by atoms with Crippen LogP contribution in [-0.2, 0) is 4.74 Å². The largest absolute Gasteiger partial charge is 0.444 e. The molecular formula is C63H63BrCl8N16O2. The Bertz CT molecular complexity index is 4490. The van der Waals surface area contributed by atoms with Gasteiger partial charge in [0.05, 0.1) is 34.6 Å². The van der Waals surface area contributed by atoms with Gasteiger partial charge in [-0.15, -0.1) is 40.8 Å². The third kappa shape index (κ3) is 14.2. The first-order chi connectivity index (χ1) is 42.6. The summed E-state index contributed by atoms with van der Waals surface area (Å²) < 4.78 is 13.8. The van der Waals surface area contributed by atoms with Crippen LogP contribution in [0, 0.1) is 27.7 Å². The number of halogens is 9. The molecule has 90 heavy (non-hydrogen) atoms. The average molecular weight is 1440 g/mol. The van der Waals surface area contributed by atoms with Gasteiger partial charge in [0, 0.05) is 70.6 Å². The lowest BCUT2D eigenvalue weighted by atomic mass is 9.89. The van der Waals surface area contributed by atoms with Crippen LogP contribution in [0.1, 0.15) is 82.6 Å². The van der Waals surface area contributed by atoms with E-state index in [1.54, 1.807) is 52.3 Å². The number of amides is 1. The van der Waals surface area contributed by atoms with Crippen molar-refractivity contribution in [2.24, 2.45) is 5.73 Å². The minimum absolute atomic E-state index is 0.0912. The first kappa shape index (κ1) is 66.7. The smallest absolute Gasteiger partial charge is 0.408 e. The first-order valence-electron chi connectivity index (χ1n) is 28.6. The van der Waals surface area contributed by atoms with E-state index in [9.17, 15) is 4.79 Å². The Hall–Kier alpha value is -6.23. The lowest BCUT2D eigenvalue weighted by molar-refractivity contribution is 0.0448. The van der Waals surface area contributed by atoms with Gasteiger partial charge in [0.25, 0.3) is 0 Å². The fourth-order valence-electron chi connectivity index (χ4n) is 11.0. The van der Waals surface area contributed by atoms with Crippen LogP contribution in [0.3, 0.4) is 0 Å². The van der Waals surface area contributed by atoms with Crippen LogP contribution in [-0.4, -0.2) is 107 Å². The van der Waals surface area contributed by atoms with Gasteiger partial charge in [0.15, 0.2) is 22.6 Å². The zero-order chi connectivity index (χ0) is 64.7. The number of nitrogens with zero attached hydrogens (tertiary/aromatic N) is 14. The molecule has 0 atom stereocenters. The van der Waals surface area contributed by atoms with Gasteiger partial charge < -0.3 is 25.6 Å². The number of carbonyl (C=O) groups excluding carboxylic acids is 1. The molecule has 10 heterocycles. The van der Waals surface area contributed by atoms with E-state index >= 15 is 0 Å². The number of aryl methyl sites for hydroxylation is 4. The van der Waals surface area contributed by atoms with E-state index < -0.39 is 5.60 Å². The molecule has 27 heteroatoms. The maximum absolute atomic E-state index is 12.3. The van der Waals surface area contributed by atoms with Gasteiger partial charge in [0.1, 0.15) is 52.9 Å². The van der Waals surface area contributed by atoms with Crippen molar-refractivity contribution in [1.29, 1.82) is 0 Å². The van der Waals surface area contributed by atoms with Gasteiger partial charge in [-0.05, 0) is 169 Å². The number of carbonyl (C=O) groups is 1. The number of nitrogens with two attached hydrogens (primary N) is 1. The Labute approximate surface area is 569 Å². The highest BCUT2D eigenvalue weighted by Crippen LogP contribution is 2.42. The third-order valence-corrected chi connectivity index (χ3v) is 19.8. The van der Waals surface area contributed by atoms with Crippen molar-refractivity contribution >= 4 is 149 Å². The van der Waals surface area contributed by atoms with E-state index in [1.807, 2.05) is 98.9 Å². The highest BCUT2D eigenvalue weighted by molar-refractivity contribution is 9.10. The standard InChI is InChI=1S/C24H29Cl2N5O2.C19H21Cl2N5.C13H8Cl3N3.C7H5BrClN3/c1-15-13-18(30-11-9-24(5,10-12-30)28-22(32)33-23(2,3)4)31-14-27-29-21(31)19(15)16-7-6-8-17(25)20(16)26;1-12-10-15(25-8-6-19(2,22)7-9-25)26-11-23-24-18(26)16(12)13-4-3-5-14(20)17(13)21;1-7-5-10(15)19-6-17-18-13(19)11(7)8-3-2-4-9(14)12(8)16;1-4-2-5(9)12-3-10-11-7(12)6(4)8/h6-8,13-14H,9-12H2,1-5H3,(H,28,32);3-5,10-11H,6-9,22H2,1-2H3;2-6H,1H3;2-3H,1H3. The minimum atomic E-state index is -0.522. The zero-order valence-corrected chi connectivity index (χ0v) is 58.2. The fourth-order valence-corrected chi connectivity index (χ4v) is 13.1. The maximum atomic E-state index is 12.3. The summed E-state index contributed by atoms with van der Waals surface area (Å²) in [6.07, 6.45) is 9.74. The van der Waals surface area contributed by atoms with E-state index in [0.29, 0.717) is 46.1 Å². The van der Waals surface area contributed by atoms with E-state index in [2.05, 4.69) is 105 Å². The molecule has 470 valence electrons. The molecule has 2 fully saturated rings. The Balaban J connectivity index is 0.000000139. The molecule has 0 aliphatic carbocycles. The molecule has 2 aliphatic heterocycles. The monoisotopic (exact) mass is 1430 g/mol. The molecular weight excluding hydrogens is 1380 g/mol. The van der Waals surface area contributed by atoms with Crippen molar-refractivity contribution in [2.45, 2.75) is 105 Å². The highest BCUT2D eigenvalue weighted by Gasteiger charge is 2.35. The van der Waals surface area contributed by atoms with Crippen LogP contribution < -0.4 is 20.9 Å². The van der Waals surface area contributed by atoms with Crippen LogP contribution in [0.4, 0.5) is 16.4 Å². The van der Waals surface area contributed by atoms with E-state index in [-0.39, 0.29) is 17.2 Å². The van der Waals surface area contributed by atoms with Crippen molar-refractivity contribution in [3.63, 3.8) is 0 Å². The number of aromatic nitrogens is 12. The summed E-state index contributed by atoms with van der Waals surface area (Å²) in [5.74, 6) is 2.09. The predicted octanol–water partition coefficient (Wildman–Crippen LogP) is 17.3. The first-order valence-corrected chi connectivity index (χ1v) is 32.4. The van der Waals surface area contributed by atoms with E-state index in [1.165, 1.54) is 0 Å². The highest BCUT2D eigenvalue weighted by atomic mass is 79.9. The predicted molar refractivity (Wildman–Crippen MR) is 368 cm³/mol. The number of ether oxygens (including phenoxy) is 1. The van der Waals surface area contributed by atoms with Gasteiger partial charge in [-0.25, -0.2) is 4.79 Å². The Morgan fingerprint density at radius 1 is 0.522 bits per heavy atom. The molecule has 0 saturated carbocycles. The van der Waals surface area contributed by atoms with Crippen molar-refractivity contribution in [2.75, 3.05) is 36.0 Å². The Morgan fingerprint density at radius 3 is 1.28 bits per heavy atom. The van der Waals surface area contributed by atoms with Crippen LogP contribution in [0.2, 0.25) is 40.4 Å². The maximum Gasteiger partial charge on any atom is 0.408 e. The number of fused-ring (bicyclic) bond motifs is 4. The van der Waals surface area contributed by atoms with Gasteiger partial charge in [0.2, 0.25) is 0 Å². The molecule has 13 rings (SSSR count). The summed E-state index contributed by atoms with van der Waals surface area (Å²) >= 11 is 53.4. The second-order valence-electron chi connectivity index (χ2n) is 23.8. The van der Waals surface area contributed by atoms with E-state index in [0.717, 1.165) is 141 Å². The zero-order valence-electron chi connectivity index (χ0n) is 50.5. The molecule has 3 N–H and O–H groups in total. The molecule has 2 aliphatic rings. The molecule has 2 saturated heterocycles. The second-order valence-corrected chi connectivity index (χ2v) is 27.8. The van der Waals surface area contributed by atoms with E-state index in [4.69, 9.17) is 103 Å². The van der Waals surface area contributed by atoms with Crippen LogP contribution in [0.25, 0.3) is 56.0 Å². The lowest BCUT2D eigenvalue weighted by Crippen LogP contribution is -2.54. The molecule has 0 radical (unpaired) electrons. The van der Waals surface area contributed by atoms with Crippen LogP contribution in [0.15, 0.2) is 109 Å². The number of nitrogens with one attached hydrogen (secondary N) is 1. The minimum Gasteiger partial charge on any atom is -0.444 e. The van der Waals surface area contributed by atoms with Crippen molar-refractivity contribution in [3.05, 3.63) is 171 Å². The summed E-state index contributed by atoms with van der Waals surface area (Å²) in [7, 11) is 0. The summed E-state index contributed by atoms with van der Waals surface area (Å²) in [5.41, 5.74) is 17.7. The van der Waals surface area contributed by atoms with Gasteiger partial charge in [-0.2, -0.15) is 0 Å². The lowest BCUT2D eigenvalue weighted by Gasteiger charge is -2.41. The van der Waals surface area contributed by atoms with Crippen molar-refractivity contribution < 1.29 is 9.53 Å². The summed E-state index contributed by atoms with van der Waals surface area (Å²) in [4.78, 5) is 16.9. The van der Waals surface area contributed by atoms with Gasteiger partial charge >= 0.3 is 6.09 Å². The molecule has 0 spiro atoms. The number of benzene rings is 3. The average Bonchev–Trinajstić information content (AvgIpc) is 1.43. The molecule has 8 aromatic heterocycles. The number of hydrogen-bond donors (Lipinski definition) is 2. The van der Waals surface area contributed by atoms with Gasteiger partial charge in [-0.3, -0.25) is 17.6 Å². The van der Waals surface area contributed by atoms with Crippen LogP contribution in [0.5, 0.6) is 0 Å². The van der Waals surface area contributed by atoms with Gasteiger partial charge in [-0.1, -0.05) is 129 Å².